The van der Waals surface area contributed by atoms with Crippen LogP contribution in [0.1, 0.15) is 56.2 Å². The summed E-state index contributed by atoms with van der Waals surface area (Å²) < 4.78 is 0. The molecule has 2 aromatic rings. The Balaban J connectivity index is 1.91. The molecule has 0 unspecified atom stereocenters. The molecule has 1 aromatic carbocycles. The van der Waals surface area contributed by atoms with E-state index in [0.29, 0.717) is 12.0 Å². The number of hydrogen-bond acceptors (Lipinski definition) is 3. The van der Waals surface area contributed by atoms with Gasteiger partial charge in [0.2, 0.25) is 0 Å². The molecule has 112 valence electrons. The molecule has 21 heavy (non-hydrogen) atoms. The van der Waals surface area contributed by atoms with Gasteiger partial charge in [0.1, 0.15) is 0 Å². The first kappa shape index (κ1) is 14.7. The Morgan fingerprint density at radius 1 is 1.19 bits per heavy atom. The highest BCUT2D eigenvalue weighted by molar-refractivity contribution is 7.15. The molecule has 1 aliphatic carbocycles. The number of rotatable bonds is 5. The molecule has 2 nitrogen and oxygen atoms in total. The molecule has 1 N–H and O–H groups in total. The maximum Gasteiger partial charge on any atom is 0.0966 e. The maximum atomic E-state index is 5.00. The van der Waals surface area contributed by atoms with Crippen molar-refractivity contribution in [3.63, 3.8) is 0 Å². The molecule has 0 amide bonds. The summed E-state index contributed by atoms with van der Waals surface area (Å²) in [4.78, 5) is 6.35. The lowest BCUT2D eigenvalue weighted by atomic mass is 10.1. The van der Waals surface area contributed by atoms with E-state index in [-0.39, 0.29) is 0 Å². The van der Waals surface area contributed by atoms with Gasteiger partial charge in [-0.05, 0) is 18.4 Å². The number of aromatic nitrogens is 1. The van der Waals surface area contributed by atoms with Crippen LogP contribution in [0.4, 0.5) is 0 Å². The largest absolute Gasteiger partial charge is 0.309 e. The van der Waals surface area contributed by atoms with Gasteiger partial charge in [0.25, 0.3) is 0 Å². The van der Waals surface area contributed by atoms with Crippen LogP contribution in [0.3, 0.4) is 0 Å². The first-order chi connectivity index (χ1) is 10.2. The van der Waals surface area contributed by atoms with Crippen LogP contribution in [-0.2, 0) is 6.54 Å². The first-order valence-electron chi connectivity index (χ1n) is 8.02. The van der Waals surface area contributed by atoms with E-state index in [4.69, 9.17) is 4.98 Å². The zero-order chi connectivity index (χ0) is 14.7. The summed E-state index contributed by atoms with van der Waals surface area (Å²) in [5.41, 5.74) is 2.53. The third-order valence-electron chi connectivity index (χ3n) is 4.13. The third-order valence-corrected chi connectivity index (χ3v) is 5.44. The topological polar surface area (TPSA) is 24.9 Å². The fourth-order valence-electron chi connectivity index (χ4n) is 2.95. The number of nitrogens with one attached hydrogen (secondary N) is 1. The van der Waals surface area contributed by atoms with Crippen molar-refractivity contribution in [2.45, 2.75) is 58.0 Å². The standard InChI is InChI=1S/C18H24N2S/c1-13(2)19-12-16-17(14-8-4-3-5-9-14)21-18(20-16)15-10-6-7-11-15/h3-5,8-9,13,15,19H,6-7,10-12H2,1-2H3. The molecule has 0 atom stereocenters. The van der Waals surface area contributed by atoms with E-state index in [1.54, 1.807) is 0 Å². The molecule has 0 spiro atoms. The van der Waals surface area contributed by atoms with E-state index in [2.05, 4.69) is 49.5 Å². The molecule has 0 bridgehead atoms. The van der Waals surface area contributed by atoms with Gasteiger partial charge < -0.3 is 5.32 Å². The van der Waals surface area contributed by atoms with E-state index < -0.39 is 0 Å². The van der Waals surface area contributed by atoms with Crippen LogP contribution in [0.5, 0.6) is 0 Å². The molecule has 0 radical (unpaired) electrons. The van der Waals surface area contributed by atoms with E-state index in [1.807, 2.05) is 11.3 Å². The van der Waals surface area contributed by atoms with Crippen molar-refractivity contribution in [2.75, 3.05) is 0 Å². The fourth-order valence-corrected chi connectivity index (χ4v) is 4.21. The van der Waals surface area contributed by atoms with Gasteiger partial charge in [-0.1, -0.05) is 57.0 Å². The summed E-state index contributed by atoms with van der Waals surface area (Å²) in [6, 6.07) is 11.2. The minimum Gasteiger partial charge on any atom is -0.309 e. The molecule has 3 heteroatoms. The van der Waals surface area contributed by atoms with Crippen molar-refractivity contribution in [2.24, 2.45) is 0 Å². The molecule has 1 saturated carbocycles. The Labute approximate surface area is 131 Å². The Hall–Kier alpha value is -1.19. The summed E-state index contributed by atoms with van der Waals surface area (Å²) in [5.74, 6) is 0.699. The average Bonchev–Trinajstić information content (AvgIpc) is 3.15. The highest BCUT2D eigenvalue weighted by Crippen LogP contribution is 2.40. The fraction of sp³-hybridized carbons (Fsp3) is 0.500. The van der Waals surface area contributed by atoms with Gasteiger partial charge in [0, 0.05) is 18.5 Å². The van der Waals surface area contributed by atoms with Gasteiger partial charge in [-0.25, -0.2) is 4.98 Å². The Morgan fingerprint density at radius 3 is 2.57 bits per heavy atom. The number of nitrogens with zero attached hydrogens (tertiary/aromatic N) is 1. The molecule has 3 rings (SSSR count). The summed E-state index contributed by atoms with van der Waals surface area (Å²) in [5, 5.41) is 4.87. The van der Waals surface area contributed by atoms with Crippen LogP contribution in [0.2, 0.25) is 0 Å². The number of thiazole rings is 1. The lowest BCUT2D eigenvalue weighted by Gasteiger charge is -2.07. The predicted octanol–water partition coefficient (Wildman–Crippen LogP) is 4.97. The predicted molar refractivity (Wildman–Crippen MR) is 90.7 cm³/mol. The molecule has 1 fully saturated rings. The van der Waals surface area contributed by atoms with Crippen LogP contribution in [0.15, 0.2) is 30.3 Å². The molecule has 0 aliphatic heterocycles. The second kappa shape index (κ2) is 6.71. The van der Waals surface area contributed by atoms with Crippen LogP contribution in [-0.4, -0.2) is 11.0 Å². The molecule has 1 aromatic heterocycles. The number of benzene rings is 1. The summed E-state index contributed by atoms with van der Waals surface area (Å²) >= 11 is 1.91. The van der Waals surface area contributed by atoms with Gasteiger partial charge in [0.05, 0.1) is 15.6 Å². The van der Waals surface area contributed by atoms with E-state index in [1.165, 1.54) is 46.8 Å². The van der Waals surface area contributed by atoms with Crippen molar-refractivity contribution >= 4 is 11.3 Å². The highest BCUT2D eigenvalue weighted by atomic mass is 32.1. The lowest BCUT2D eigenvalue weighted by molar-refractivity contribution is 0.581. The monoisotopic (exact) mass is 300 g/mol. The van der Waals surface area contributed by atoms with Gasteiger partial charge in [-0.3, -0.25) is 0 Å². The zero-order valence-corrected chi connectivity index (χ0v) is 13.7. The molecule has 1 aliphatic rings. The smallest absolute Gasteiger partial charge is 0.0966 e. The Kier molecular flexibility index (Phi) is 4.71. The van der Waals surface area contributed by atoms with Crippen LogP contribution in [0, 0.1) is 0 Å². The molecule has 1 heterocycles. The van der Waals surface area contributed by atoms with Gasteiger partial charge in [-0.15, -0.1) is 11.3 Å². The van der Waals surface area contributed by atoms with E-state index in [9.17, 15) is 0 Å². The van der Waals surface area contributed by atoms with Gasteiger partial charge in [-0.2, -0.15) is 0 Å². The van der Waals surface area contributed by atoms with Crippen molar-refractivity contribution in [1.29, 1.82) is 0 Å². The second-order valence-electron chi connectivity index (χ2n) is 6.21. The van der Waals surface area contributed by atoms with Crippen molar-refractivity contribution < 1.29 is 0 Å². The minimum absolute atomic E-state index is 0.491. The summed E-state index contributed by atoms with van der Waals surface area (Å²) in [7, 11) is 0. The quantitative estimate of drug-likeness (QED) is 0.843. The summed E-state index contributed by atoms with van der Waals surface area (Å²) in [6.45, 7) is 5.24. The molecular weight excluding hydrogens is 276 g/mol. The van der Waals surface area contributed by atoms with E-state index in [0.717, 1.165) is 6.54 Å². The van der Waals surface area contributed by atoms with Crippen LogP contribution < -0.4 is 5.32 Å². The van der Waals surface area contributed by atoms with E-state index >= 15 is 0 Å². The average molecular weight is 300 g/mol. The van der Waals surface area contributed by atoms with Crippen LogP contribution in [0.25, 0.3) is 10.4 Å². The molecular formula is C18H24N2S. The van der Waals surface area contributed by atoms with Crippen molar-refractivity contribution in [3.8, 4) is 10.4 Å². The molecule has 0 saturated heterocycles. The Morgan fingerprint density at radius 2 is 1.90 bits per heavy atom. The first-order valence-corrected chi connectivity index (χ1v) is 8.84. The third kappa shape index (κ3) is 3.53. The Bertz CT molecular complexity index is 568. The highest BCUT2D eigenvalue weighted by Gasteiger charge is 2.23. The normalized spacial score (nSPS) is 16.0. The second-order valence-corrected chi connectivity index (χ2v) is 7.24. The SMILES string of the molecule is CC(C)NCc1nc(C2CCCC2)sc1-c1ccccc1. The minimum atomic E-state index is 0.491. The van der Waals surface area contributed by atoms with Gasteiger partial charge in [0.15, 0.2) is 0 Å². The lowest BCUT2D eigenvalue weighted by Crippen LogP contribution is -2.22. The number of hydrogen-bond donors (Lipinski definition) is 1. The summed E-state index contributed by atoms with van der Waals surface area (Å²) in [6.07, 6.45) is 5.37. The van der Waals surface area contributed by atoms with Crippen molar-refractivity contribution in [3.05, 3.63) is 41.0 Å². The van der Waals surface area contributed by atoms with Crippen LogP contribution >= 0.6 is 11.3 Å². The maximum absolute atomic E-state index is 5.00. The van der Waals surface area contributed by atoms with Crippen molar-refractivity contribution in [1.82, 2.24) is 10.3 Å². The zero-order valence-electron chi connectivity index (χ0n) is 12.9. The van der Waals surface area contributed by atoms with Gasteiger partial charge >= 0.3 is 0 Å².